The van der Waals surface area contributed by atoms with Crippen LogP contribution in [0.25, 0.3) is 11.0 Å². The lowest BCUT2D eigenvalue weighted by Gasteiger charge is -2.20. The zero-order valence-corrected chi connectivity index (χ0v) is 12.2. The van der Waals surface area contributed by atoms with Crippen LogP contribution in [0.15, 0.2) is 23.0 Å². The van der Waals surface area contributed by atoms with Crippen LogP contribution in [0.4, 0.5) is 0 Å². The highest BCUT2D eigenvalue weighted by Gasteiger charge is 2.23. The topological polar surface area (TPSA) is 60.7 Å². The summed E-state index contributed by atoms with van der Waals surface area (Å²) in [5, 5.41) is 3.64. The Bertz CT molecular complexity index is 642. The van der Waals surface area contributed by atoms with Crippen LogP contribution in [0.1, 0.15) is 44.7 Å². The smallest absolute Gasteiger partial charge is 0.310 e. The lowest BCUT2D eigenvalue weighted by molar-refractivity contribution is 0.375. The predicted octanol–water partition coefficient (Wildman–Crippen LogP) is 2.94. The number of aromatic amines is 2. The van der Waals surface area contributed by atoms with Gasteiger partial charge >= 0.3 is 5.69 Å². The maximum Gasteiger partial charge on any atom is 0.323 e. The Labute approximate surface area is 119 Å². The molecule has 1 fully saturated rings. The van der Waals surface area contributed by atoms with Crippen molar-refractivity contribution in [3.8, 4) is 0 Å². The van der Waals surface area contributed by atoms with Crippen LogP contribution in [0, 0.1) is 11.8 Å². The van der Waals surface area contributed by atoms with Crippen LogP contribution in [0.2, 0.25) is 0 Å². The Kier molecular flexibility index (Phi) is 3.66. The molecule has 0 spiro atoms. The van der Waals surface area contributed by atoms with E-state index in [1.807, 2.05) is 6.07 Å². The molecule has 0 bridgehead atoms. The molecule has 0 aliphatic heterocycles. The molecule has 20 heavy (non-hydrogen) atoms. The second kappa shape index (κ2) is 5.44. The minimum absolute atomic E-state index is 0.141. The third-order valence-corrected chi connectivity index (χ3v) is 4.77. The first-order valence-corrected chi connectivity index (χ1v) is 7.59. The van der Waals surface area contributed by atoms with Gasteiger partial charge in [-0.2, -0.15) is 0 Å². The van der Waals surface area contributed by atoms with Crippen molar-refractivity contribution in [2.45, 2.75) is 39.2 Å². The third kappa shape index (κ3) is 2.66. The maximum atomic E-state index is 11.3. The summed E-state index contributed by atoms with van der Waals surface area (Å²) in [6.45, 7) is 5.64. The molecule has 1 saturated carbocycles. The summed E-state index contributed by atoms with van der Waals surface area (Å²) in [5.41, 5.74) is 2.83. The van der Waals surface area contributed by atoms with Gasteiger partial charge in [0.2, 0.25) is 0 Å². The second-order valence-electron chi connectivity index (χ2n) is 6.18. The van der Waals surface area contributed by atoms with E-state index in [-0.39, 0.29) is 5.69 Å². The molecular formula is C16H23N3O. The lowest BCUT2D eigenvalue weighted by Crippen LogP contribution is -2.27. The number of aromatic nitrogens is 2. The number of benzene rings is 1. The molecule has 0 radical (unpaired) electrons. The van der Waals surface area contributed by atoms with Crippen molar-refractivity contribution in [3.63, 3.8) is 0 Å². The second-order valence-corrected chi connectivity index (χ2v) is 6.18. The van der Waals surface area contributed by atoms with Crippen molar-refractivity contribution < 1.29 is 0 Å². The van der Waals surface area contributed by atoms with Crippen LogP contribution in [0.5, 0.6) is 0 Å². The minimum atomic E-state index is -0.141. The number of hydrogen-bond donors (Lipinski definition) is 3. The van der Waals surface area contributed by atoms with E-state index in [4.69, 9.17) is 0 Å². The fourth-order valence-electron chi connectivity index (χ4n) is 3.29. The van der Waals surface area contributed by atoms with E-state index in [2.05, 4.69) is 41.3 Å². The van der Waals surface area contributed by atoms with Crippen molar-refractivity contribution >= 4 is 11.0 Å². The molecule has 3 unspecified atom stereocenters. The molecule has 0 saturated heterocycles. The van der Waals surface area contributed by atoms with Gasteiger partial charge in [-0.15, -0.1) is 0 Å². The van der Waals surface area contributed by atoms with Gasteiger partial charge in [-0.3, -0.25) is 0 Å². The molecule has 1 aromatic heterocycles. The van der Waals surface area contributed by atoms with E-state index in [1.165, 1.54) is 24.8 Å². The normalized spacial score (nSPS) is 24.3. The summed E-state index contributed by atoms with van der Waals surface area (Å²) in [6.07, 6.45) is 4.10. The number of fused-ring (bicyclic) bond motifs is 1. The van der Waals surface area contributed by atoms with Crippen molar-refractivity contribution in [2.75, 3.05) is 6.54 Å². The first-order chi connectivity index (χ1) is 9.63. The molecule has 3 N–H and O–H groups in total. The fourth-order valence-corrected chi connectivity index (χ4v) is 3.29. The maximum absolute atomic E-state index is 11.3. The van der Waals surface area contributed by atoms with Gasteiger partial charge < -0.3 is 15.3 Å². The van der Waals surface area contributed by atoms with Gasteiger partial charge in [-0.25, -0.2) is 4.79 Å². The molecule has 4 heteroatoms. The molecule has 1 aromatic carbocycles. The van der Waals surface area contributed by atoms with Gasteiger partial charge in [0.25, 0.3) is 0 Å². The summed E-state index contributed by atoms with van der Waals surface area (Å²) >= 11 is 0. The van der Waals surface area contributed by atoms with Gasteiger partial charge in [-0.05, 0) is 49.4 Å². The Morgan fingerprint density at radius 2 is 2.10 bits per heavy atom. The summed E-state index contributed by atoms with van der Waals surface area (Å²) in [5.74, 6) is 1.66. The average molecular weight is 273 g/mol. The molecule has 3 rings (SSSR count). The molecule has 3 atom stereocenters. The van der Waals surface area contributed by atoms with Crippen molar-refractivity contribution in [1.29, 1.82) is 0 Å². The first kappa shape index (κ1) is 13.4. The summed E-state index contributed by atoms with van der Waals surface area (Å²) in [4.78, 5) is 16.9. The molecule has 0 amide bonds. The zero-order chi connectivity index (χ0) is 14.1. The molecule has 1 heterocycles. The minimum Gasteiger partial charge on any atom is -0.310 e. The SMILES string of the molecule is CC(NCC1CCCC1C)c1ccc2[nH]c(=O)[nH]c2c1. The molecule has 108 valence electrons. The first-order valence-electron chi connectivity index (χ1n) is 7.59. The van der Waals surface area contributed by atoms with E-state index in [0.29, 0.717) is 6.04 Å². The van der Waals surface area contributed by atoms with Gasteiger partial charge in [0.1, 0.15) is 0 Å². The number of H-pyrrole nitrogens is 2. The van der Waals surface area contributed by atoms with Crippen molar-refractivity contribution in [3.05, 3.63) is 34.2 Å². The Morgan fingerprint density at radius 1 is 1.30 bits per heavy atom. The Morgan fingerprint density at radius 3 is 2.85 bits per heavy atom. The molecule has 1 aliphatic carbocycles. The van der Waals surface area contributed by atoms with Crippen LogP contribution in [-0.4, -0.2) is 16.5 Å². The number of imidazole rings is 1. The van der Waals surface area contributed by atoms with E-state index in [0.717, 1.165) is 29.4 Å². The van der Waals surface area contributed by atoms with E-state index in [1.54, 1.807) is 0 Å². The summed E-state index contributed by atoms with van der Waals surface area (Å²) in [6, 6.07) is 6.43. The lowest BCUT2D eigenvalue weighted by atomic mass is 9.97. The summed E-state index contributed by atoms with van der Waals surface area (Å²) < 4.78 is 0. The van der Waals surface area contributed by atoms with Gasteiger partial charge in [0.15, 0.2) is 0 Å². The monoisotopic (exact) mass is 273 g/mol. The van der Waals surface area contributed by atoms with Crippen LogP contribution in [-0.2, 0) is 0 Å². The van der Waals surface area contributed by atoms with Crippen LogP contribution < -0.4 is 11.0 Å². The van der Waals surface area contributed by atoms with Gasteiger partial charge in [0, 0.05) is 6.04 Å². The Balaban J connectivity index is 1.68. The van der Waals surface area contributed by atoms with E-state index < -0.39 is 0 Å². The number of hydrogen-bond acceptors (Lipinski definition) is 2. The van der Waals surface area contributed by atoms with E-state index >= 15 is 0 Å². The highest BCUT2D eigenvalue weighted by molar-refractivity contribution is 5.75. The Hall–Kier alpha value is -1.55. The molecule has 4 nitrogen and oxygen atoms in total. The third-order valence-electron chi connectivity index (χ3n) is 4.77. The zero-order valence-electron chi connectivity index (χ0n) is 12.2. The fraction of sp³-hybridized carbons (Fsp3) is 0.562. The van der Waals surface area contributed by atoms with Crippen LogP contribution in [0.3, 0.4) is 0 Å². The largest absolute Gasteiger partial charge is 0.323 e. The van der Waals surface area contributed by atoms with Crippen molar-refractivity contribution in [1.82, 2.24) is 15.3 Å². The number of nitrogens with one attached hydrogen (secondary N) is 3. The standard InChI is InChI=1S/C16H23N3O/c1-10-4-3-5-13(10)9-17-11(2)12-6-7-14-15(8-12)19-16(20)18-14/h6-8,10-11,13,17H,3-5,9H2,1-2H3,(H2,18,19,20). The van der Waals surface area contributed by atoms with Gasteiger partial charge in [-0.1, -0.05) is 25.8 Å². The molecule has 2 aromatic rings. The van der Waals surface area contributed by atoms with Crippen LogP contribution >= 0.6 is 0 Å². The molecule has 1 aliphatic rings. The van der Waals surface area contributed by atoms with E-state index in [9.17, 15) is 4.79 Å². The highest BCUT2D eigenvalue weighted by atomic mass is 16.1. The predicted molar refractivity (Wildman–Crippen MR) is 81.8 cm³/mol. The highest BCUT2D eigenvalue weighted by Crippen LogP contribution is 2.31. The van der Waals surface area contributed by atoms with Crippen molar-refractivity contribution in [2.24, 2.45) is 11.8 Å². The average Bonchev–Trinajstić information content (AvgIpc) is 2.99. The summed E-state index contributed by atoms with van der Waals surface area (Å²) in [7, 11) is 0. The van der Waals surface area contributed by atoms with Gasteiger partial charge in [0.05, 0.1) is 11.0 Å². The number of rotatable bonds is 4. The molecular weight excluding hydrogens is 250 g/mol. The quantitative estimate of drug-likeness (QED) is 0.802.